The molecule has 0 radical (unpaired) electrons. The van der Waals surface area contributed by atoms with E-state index >= 15 is 4.39 Å². The molecular formula is C37H38ClFN6O3. The molecule has 2 atom stereocenters. The first-order chi connectivity index (χ1) is 22.9. The number of likely N-dealkylation sites (tertiary alicyclic amines) is 1. The summed E-state index contributed by atoms with van der Waals surface area (Å²) in [6.45, 7) is 13.5. The van der Waals surface area contributed by atoms with Crippen molar-refractivity contribution in [1.29, 1.82) is 0 Å². The van der Waals surface area contributed by atoms with Crippen LogP contribution < -0.4 is 10.9 Å². The number of carbonyl (C=O) groups is 2. The van der Waals surface area contributed by atoms with Crippen molar-refractivity contribution < 1.29 is 14.0 Å². The second kappa shape index (κ2) is 12.6. The van der Waals surface area contributed by atoms with Gasteiger partial charge in [-0.25, -0.2) is 4.39 Å². The van der Waals surface area contributed by atoms with Gasteiger partial charge in [-0.05, 0) is 86.4 Å². The molecule has 5 aromatic rings. The SMILES string of the molecule is C=CC(=O)N1CCC(c2c(C(=O)NC)c(=O)n(-c3c(C)ccnc3C(C)C)c3c(F)c(-c4c(C)ccc5[nH]ncc45)c(Cl)cc23)C[C@H]1C. The second-order valence-electron chi connectivity index (χ2n) is 12.9. The summed E-state index contributed by atoms with van der Waals surface area (Å²) in [5, 5.41) is 11.0. The van der Waals surface area contributed by atoms with Gasteiger partial charge >= 0.3 is 0 Å². The van der Waals surface area contributed by atoms with Crippen molar-refractivity contribution in [2.24, 2.45) is 0 Å². The van der Waals surface area contributed by atoms with E-state index in [0.29, 0.717) is 63.7 Å². The number of aromatic amines is 1. The van der Waals surface area contributed by atoms with Gasteiger partial charge in [0, 0.05) is 47.7 Å². The van der Waals surface area contributed by atoms with Gasteiger partial charge in [-0.2, -0.15) is 5.10 Å². The maximum Gasteiger partial charge on any atom is 0.268 e. The van der Waals surface area contributed by atoms with Crippen molar-refractivity contribution in [2.45, 2.75) is 65.3 Å². The van der Waals surface area contributed by atoms with Crippen LogP contribution in [0.15, 0.2) is 54.1 Å². The summed E-state index contributed by atoms with van der Waals surface area (Å²) < 4.78 is 19.1. The average molecular weight is 669 g/mol. The molecule has 0 spiro atoms. The quantitative estimate of drug-likeness (QED) is 0.187. The maximum absolute atomic E-state index is 17.8. The van der Waals surface area contributed by atoms with Gasteiger partial charge in [-0.3, -0.25) is 29.0 Å². The topological polar surface area (TPSA) is 113 Å². The van der Waals surface area contributed by atoms with Crippen molar-refractivity contribution in [3.8, 4) is 16.8 Å². The molecule has 4 heterocycles. The molecule has 9 nitrogen and oxygen atoms in total. The van der Waals surface area contributed by atoms with Crippen LogP contribution >= 0.6 is 11.6 Å². The summed E-state index contributed by atoms with van der Waals surface area (Å²) in [6.07, 6.45) is 5.47. The van der Waals surface area contributed by atoms with Crippen molar-refractivity contribution in [3.63, 3.8) is 0 Å². The zero-order valence-electron chi connectivity index (χ0n) is 27.9. The van der Waals surface area contributed by atoms with Crippen LogP contribution in [-0.2, 0) is 4.79 Å². The minimum absolute atomic E-state index is 0.0113. The molecule has 1 unspecified atom stereocenters. The molecule has 11 heteroatoms. The maximum atomic E-state index is 17.8. The number of H-pyrrole nitrogens is 1. The van der Waals surface area contributed by atoms with Crippen molar-refractivity contribution in [3.05, 3.63) is 98.5 Å². The highest BCUT2D eigenvalue weighted by atomic mass is 35.5. The number of hydrogen-bond donors (Lipinski definition) is 2. The lowest BCUT2D eigenvalue weighted by Gasteiger charge is -2.38. The molecule has 1 aliphatic heterocycles. The van der Waals surface area contributed by atoms with Crippen LogP contribution in [0.25, 0.3) is 38.6 Å². The molecule has 48 heavy (non-hydrogen) atoms. The lowest BCUT2D eigenvalue weighted by Crippen LogP contribution is -2.44. The van der Waals surface area contributed by atoms with Gasteiger partial charge in [-0.1, -0.05) is 38.1 Å². The Morgan fingerprint density at radius 1 is 1.17 bits per heavy atom. The Morgan fingerprint density at radius 2 is 1.92 bits per heavy atom. The number of pyridine rings is 2. The fourth-order valence-electron chi connectivity index (χ4n) is 7.33. The molecule has 1 fully saturated rings. The summed E-state index contributed by atoms with van der Waals surface area (Å²) in [4.78, 5) is 47.7. The Kier molecular flexibility index (Phi) is 8.72. The van der Waals surface area contributed by atoms with Gasteiger partial charge in [0.15, 0.2) is 5.82 Å². The average Bonchev–Trinajstić information content (AvgIpc) is 3.54. The predicted molar refractivity (Wildman–Crippen MR) is 188 cm³/mol. The minimum Gasteiger partial charge on any atom is -0.355 e. The van der Waals surface area contributed by atoms with E-state index in [1.807, 2.05) is 46.8 Å². The van der Waals surface area contributed by atoms with E-state index < -0.39 is 17.3 Å². The van der Waals surface area contributed by atoms with E-state index in [1.54, 1.807) is 29.4 Å². The van der Waals surface area contributed by atoms with Gasteiger partial charge in [0.25, 0.3) is 11.5 Å². The van der Waals surface area contributed by atoms with E-state index in [4.69, 9.17) is 11.6 Å². The molecule has 3 aromatic heterocycles. The molecule has 2 amide bonds. The molecular weight excluding hydrogens is 631 g/mol. The number of fused-ring (bicyclic) bond motifs is 2. The molecule has 2 aromatic carbocycles. The van der Waals surface area contributed by atoms with Gasteiger partial charge < -0.3 is 10.2 Å². The third kappa shape index (κ3) is 5.19. The van der Waals surface area contributed by atoms with Crippen LogP contribution in [0.3, 0.4) is 0 Å². The van der Waals surface area contributed by atoms with E-state index in [1.165, 1.54) is 17.7 Å². The zero-order valence-corrected chi connectivity index (χ0v) is 28.6. The van der Waals surface area contributed by atoms with Gasteiger partial charge in [0.2, 0.25) is 5.91 Å². The van der Waals surface area contributed by atoms with Crippen molar-refractivity contribution >= 4 is 45.2 Å². The first-order valence-corrected chi connectivity index (χ1v) is 16.4. The van der Waals surface area contributed by atoms with Crippen LogP contribution in [0, 0.1) is 19.7 Å². The Morgan fingerprint density at radius 3 is 2.58 bits per heavy atom. The fraction of sp³-hybridized carbons (Fsp3) is 0.324. The van der Waals surface area contributed by atoms with E-state index in [2.05, 4.69) is 27.1 Å². The zero-order chi connectivity index (χ0) is 34.6. The first kappa shape index (κ1) is 33.1. The number of aromatic nitrogens is 4. The normalized spacial score (nSPS) is 16.6. The van der Waals surface area contributed by atoms with Crippen LogP contribution in [0.1, 0.15) is 78.2 Å². The molecule has 0 aliphatic carbocycles. The third-order valence-electron chi connectivity index (χ3n) is 9.60. The van der Waals surface area contributed by atoms with Gasteiger partial charge in [0.05, 0.1) is 33.6 Å². The number of nitrogens with zero attached hydrogens (tertiary/aromatic N) is 4. The van der Waals surface area contributed by atoms with Crippen LogP contribution in [-0.4, -0.2) is 56.1 Å². The summed E-state index contributed by atoms with van der Waals surface area (Å²) in [6, 6.07) is 6.96. The number of amides is 2. The van der Waals surface area contributed by atoms with Crippen LogP contribution in [0.5, 0.6) is 0 Å². The number of carbonyl (C=O) groups excluding carboxylic acids is 2. The summed E-state index contributed by atoms with van der Waals surface area (Å²) in [5.41, 5.74) is 3.56. The lowest BCUT2D eigenvalue weighted by atomic mass is 9.81. The Labute approximate surface area is 282 Å². The number of rotatable bonds is 6. The number of aryl methyl sites for hydroxylation is 2. The van der Waals surface area contributed by atoms with Gasteiger partial charge in [-0.15, -0.1) is 0 Å². The molecule has 1 saturated heterocycles. The minimum atomic E-state index is -0.693. The Hall–Kier alpha value is -4.83. The van der Waals surface area contributed by atoms with Crippen LogP contribution in [0.4, 0.5) is 4.39 Å². The molecule has 6 rings (SSSR count). The molecule has 0 saturated carbocycles. The van der Waals surface area contributed by atoms with E-state index in [9.17, 15) is 14.4 Å². The van der Waals surface area contributed by atoms with Crippen molar-refractivity contribution in [1.82, 2.24) is 30.0 Å². The van der Waals surface area contributed by atoms with Gasteiger partial charge in [0.1, 0.15) is 5.56 Å². The second-order valence-corrected chi connectivity index (χ2v) is 13.3. The van der Waals surface area contributed by atoms with E-state index in [-0.39, 0.29) is 45.5 Å². The monoisotopic (exact) mass is 668 g/mol. The molecule has 248 valence electrons. The Bertz CT molecular complexity index is 2200. The smallest absolute Gasteiger partial charge is 0.268 e. The summed E-state index contributed by atoms with van der Waals surface area (Å²) in [7, 11) is 1.47. The summed E-state index contributed by atoms with van der Waals surface area (Å²) >= 11 is 7.09. The molecule has 1 aliphatic rings. The standard InChI is InChI=1S/C37H38ClFN6O3/c1-8-27(46)44-14-12-22(15-21(44)6)29-23-16-25(38)30(28-19(4)9-10-26-24(28)17-42-43-26)32(39)35(23)45(37(48)31(29)36(47)40-7)34-20(5)11-13-41-33(34)18(2)3/h8-11,13,16-18,21-22H,1,12,14-15H2,2-7H3,(H,40,47)(H,42,43)/t21-,22?/m1/s1. The summed E-state index contributed by atoms with van der Waals surface area (Å²) in [5.74, 6) is -1.96. The van der Waals surface area contributed by atoms with E-state index in [0.717, 1.165) is 5.56 Å². The lowest BCUT2D eigenvalue weighted by molar-refractivity contribution is -0.129. The van der Waals surface area contributed by atoms with Crippen molar-refractivity contribution in [2.75, 3.05) is 13.6 Å². The number of piperidine rings is 1. The highest BCUT2D eigenvalue weighted by molar-refractivity contribution is 6.35. The van der Waals surface area contributed by atoms with Crippen LogP contribution in [0.2, 0.25) is 5.02 Å². The largest absolute Gasteiger partial charge is 0.355 e. The third-order valence-corrected chi connectivity index (χ3v) is 9.89. The fourth-order valence-corrected chi connectivity index (χ4v) is 7.62. The first-order valence-electron chi connectivity index (χ1n) is 16.1. The number of nitrogens with one attached hydrogen (secondary N) is 2. The number of hydrogen-bond acceptors (Lipinski definition) is 5. The molecule has 0 bridgehead atoms. The predicted octanol–water partition coefficient (Wildman–Crippen LogP) is 7.10. The Balaban J connectivity index is 1.80. The number of halogens is 2. The highest BCUT2D eigenvalue weighted by Crippen LogP contribution is 2.45. The molecule has 2 N–H and O–H groups in total. The number of benzene rings is 2. The highest BCUT2D eigenvalue weighted by Gasteiger charge is 2.36.